The van der Waals surface area contributed by atoms with Crippen LogP contribution in [-0.2, 0) is 11.2 Å². The average molecular weight is 377 g/mol. The van der Waals surface area contributed by atoms with Gasteiger partial charge in [-0.15, -0.1) is 0 Å². The monoisotopic (exact) mass is 376 g/mol. The van der Waals surface area contributed by atoms with Gasteiger partial charge < -0.3 is 9.80 Å². The van der Waals surface area contributed by atoms with Crippen molar-refractivity contribution in [2.24, 2.45) is 11.3 Å². The Hall–Kier alpha value is -1.06. The average Bonchev–Trinajstić information content (AvgIpc) is 3.38. The molecule has 1 aliphatic heterocycles. The zero-order valence-corrected chi connectivity index (χ0v) is 17.1. The maximum absolute atomic E-state index is 12.3. The maximum atomic E-state index is 12.3. The number of hydrogen-bond acceptors (Lipinski definition) is 2. The van der Waals surface area contributed by atoms with Crippen LogP contribution in [0.1, 0.15) is 51.0 Å². The summed E-state index contributed by atoms with van der Waals surface area (Å²) in [6.07, 6.45) is 7.90. The van der Waals surface area contributed by atoms with Gasteiger partial charge in [-0.3, -0.25) is 4.79 Å². The predicted molar refractivity (Wildman–Crippen MR) is 109 cm³/mol. The first kappa shape index (κ1) is 19.7. The highest BCUT2D eigenvalue weighted by Gasteiger charge is 2.37. The van der Waals surface area contributed by atoms with E-state index < -0.39 is 0 Å². The largest absolute Gasteiger partial charge is 0.345 e. The van der Waals surface area contributed by atoms with Gasteiger partial charge in [0.05, 0.1) is 0 Å². The molecule has 0 aromatic heterocycles. The lowest BCUT2D eigenvalue weighted by Gasteiger charge is -2.34. The quantitative estimate of drug-likeness (QED) is 0.660. The summed E-state index contributed by atoms with van der Waals surface area (Å²) < 4.78 is 0. The molecular formula is C22H33ClN2O. The third-order valence-electron chi connectivity index (χ3n) is 6.34. The Morgan fingerprint density at radius 1 is 1.23 bits per heavy atom. The standard InChI is InChI=1S/C22H33ClN2O/c1-22(12-13-22)11-7-21(26)24(2)17-19-9-15-25(16-10-19)14-8-18-3-5-20(23)6-4-18/h3-6,19H,7-17H2,1-2H3. The number of likely N-dealkylation sites (tertiary alicyclic amines) is 1. The van der Waals surface area contributed by atoms with Crippen LogP contribution in [-0.4, -0.2) is 48.9 Å². The van der Waals surface area contributed by atoms with Crippen LogP contribution in [0.2, 0.25) is 5.02 Å². The molecule has 0 N–H and O–H groups in total. The van der Waals surface area contributed by atoms with Crippen molar-refractivity contribution in [2.45, 2.75) is 51.9 Å². The molecule has 1 aromatic rings. The highest BCUT2D eigenvalue weighted by molar-refractivity contribution is 6.30. The van der Waals surface area contributed by atoms with Crippen LogP contribution in [0.5, 0.6) is 0 Å². The Balaban J connectivity index is 1.32. The second kappa shape index (κ2) is 8.75. The molecule has 3 rings (SSSR count). The van der Waals surface area contributed by atoms with Gasteiger partial charge >= 0.3 is 0 Å². The summed E-state index contributed by atoms with van der Waals surface area (Å²) in [7, 11) is 1.99. The van der Waals surface area contributed by atoms with Crippen molar-refractivity contribution in [2.75, 3.05) is 33.2 Å². The molecule has 0 unspecified atom stereocenters. The molecule has 1 heterocycles. The van der Waals surface area contributed by atoms with E-state index in [0.717, 1.165) is 50.5 Å². The van der Waals surface area contributed by atoms with E-state index in [2.05, 4.69) is 24.0 Å². The summed E-state index contributed by atoms with van der Waals surface area (Å²) in [6, 6.07) is 8.19. The van der Waals surface area contributed by atoms with E-state index in [1.807, 2.05) is 24.1 Å². The van der Waals surface area contributed by atoms with E-state index >= 15 is 0 Å². The molecular weight excluding hydrogens is 344 g/mol. The SMILES string of the molecule is CN(CC1CCN(CCc2ccc(Cl)cc2)CC1)C(=O)CCC1(C)CC1. The molecule has 2 aliphatic rings. The maximum Gasteiger partial charge on any atom is 0.222 e. The molecule has 1 aliphatic carbocycles. The van der Waals surface area contributed by atoms with Crippen molar-refractivity contribution in [3.05, 3.63) is 34.9 Å². The summed E-state index contributed by atoms with van der Waals surface area (Å²) in [5.74, 6) is 0.996. The van der Waals surface area contributed by atoms with Crippen LogP contribution >= 0.6 is 11.6 Å². The van der Waals surface area contributed by atoms with Crippen LogP contribution in [0.4, 0.5) is 0 Å². The van der Waals surface area contributed by atoms with Gasteiger partial charge in [-0.25, -0.2) is 0 Å². The van der Waals surface area contributed by atoms with Crippen LogP contribution < -0.4 is 0 Å². The van der Waals surface area contributed by atoms with Gasteiger partial charge in [-0.05, 0) is 80.6 Å². The second-order valence-corrected chi connectivity index (χ2v) is 9.18. The van der Waals surface area contributed by atoms with Gasteiger partial charge in [0.1, 0.15) is 0 Å². The number of carbonyl (C=O) groups is 1. The van der Waals surface area contributed by atoms with Gasteiger partial charge in [0.15, 0.2) is 0 Å². The fourth-order valence-electron chi connectivity index (χ4n) is 3.88. The minimum atomic E-state index is 0.336. The lowest BCUT2D eigenvalue weighted by Crippen LogP contribution is -2.40. The Labute approximate surface area is 163 Å². The molecule has 1 saturated carbocycles. The lowest BCUT2D eigenvalue weighted by molar-refractivity contribution is -0.131. The number of piperidine rings is 1. The molecule has 3 nitrogen and oxygen atoms in total. The molecule has 0 radical (unpaired) electrons. The molecule has 0 atom stereocenters. The first-order valence-electron chi connectivity index (χ1n) is 10.1. The van der Waals surface area contributed by atoms with E-state index in [-0.39, 0.29) is 0 Å². The zero-order valence-electron chi connectivity index (χ0n) is 16.3. The third kappa shape index (κ3) is 5.99. The number of halogens is 1. The first-order valence-corrected chi connectivity index (χ1v) is 10.5. The Bertz CT molecular complexity index is 589. The van der Waals surface area contributed by atoms with Crippen molar-refractivity contribution in [1.82, 2.24) is 9.80 Å². The minimum Gasteiger partial charge on any atom is -0.345 e. The highest BCUT2D eigenvalue weighted by atomic mass is 35.5. The van der Waals surface area contributed by atoms with Crippen molar-refractivity contribution >= 4 is 17.5 Å². The highest BCUT2D eigenvalue weighted by Crippen LogP contribution is 2.48. The number of carbonyl (C=O) groups excluding carboxylic acids is 1. The summed E-state index contributed by atoms with van der Waals surface area (Å²) in [5.41, 5.74) is 1.83. The van der Waals surface area contributed by atoms with Gasteiger partial charge in [-0.1, -0.05) is 30.7 Å². The van der Waals surface area contributed by atoms with Crippen LogP contribution in [0.15, 0.2) is 24.3 Å². The summed E-state index contributed by atoms with van der Waals surface area (Å²) >= 11 is 5.95. The van der Waals surface area contributed by atoms with E-state index in [1.54, 1.807) is 0 Å². The third-order valence-corrected chi connectivity index (χ3v) is 6.59. The van der Waals surface area contributed by atoms with Crippen molar-refractivity contribution in [1.29, 1.82) is 0 Å². The zero-order chi connectivity index (χ0) is 18.6. The normalized spacial score (nSPS) is 20.1. The van der Waals surface area contributed by atoms with E-state index in [1.165, 1.54) is 31.2 Å². The molecule has 0 bridgehead atoms. The summed E-state index contributed by atoms with van der Waals surface area (Å²) in [6.45, 7) is 6.65. The van der Waals surface area contributed by atoms with Crippen molar-refractivity contribution in [3.8, 4) is 0 Å². The van der Waals surface area contributed by atoms with E-state index in [0.29, 0.717) is 17.2 Å². The van der Waals surface area contributed by atoms with Gasteiger partial charge in [-0.2, -0.15) is 0 Å². The summed E-state index contributed by atoms with van der Waals surface area (Å²) in [5, 5.41) is 0.805. The Kier molecular flexibility index (Phi) is 6.63. The molecule has 2 fully saturated rings. The molecule has 4 heteroatoms. The molecule has 0 spiro atoms. The topological polar surface area (TPSA) is 23.6 Å². The smallest absolute Gasteiger partial charge is 0.222 e. The fraction of sp³-hybridized carbons (Fsp3) is 0.682. The van der Waals surface area contributed by atoms with Crippen LogP contribution in [0.3, 0.4) is 0 Å². The number of hydrogen-bond donors (Lipinski definition) is 0. The Morgan fingerprint density at radius 3 is 2.50 bits per heavy atom. The molecule has 1 amide bonds. The number of rotatable bonds is 8. The van der Waals surface area contributed by atoms with Gasteiger partial charge in [0.2, 0.25) is 5.91 Å². The Morgan fingerprint density at radius 2 is 1.88 bits per heavy atom. The lowest BCUT2D eigenvalue weighted by atomic mass is 9.95. The van der Waals surface area contributed by atoms with Crippen molar-refractivity contribution in [3.63, 3.8) is 0 Å². The van der Waals surface area contributed by atoms with Crippen LogP contribution in [0, 0.1) is 11.3 Å². The number of amides is 1. The van der Waals surface area contributed by atoms with Crippen LogP contribution in [0.25, 0.3) is 0 Å². The van der Waals surface area contributed by atoms with Gasteiger partial charge in [0.25, 0.3) is 0 Å². The molecule has 144 valence electrons. The molecule has 1 saturated heterocycles. The first-order chi connectivity index (χ1) is 12.4. The summed E-state index contributed by atoms with van der Waals surface area (Å²) in [4.78, 5) is 16.9. The number of nitrogens with zero attached hydrogens (tertiary/aromatic N) is 2. The fourth-order valence-corrected chi connectivity index (χ4v) is 4.01. The molecule has 26 heavy (non-hydrogen) atoms. The predicted octanol–water partition coefficient (Wildman–Crippen LogP) is 4.63. The van der Waals surface area contributed by atoms with E-state index in [4.69, 9.17) is 11.6 Å². The van der Waals surface area contributed by atoms with E-state index in [9.17, 15) is 4.79 Å². The minimum absolute atomic E-state index is 0.336. The molecule has 1 aromatic carbocycles. The van der Waals surface area contributed by atoms with Gasteiger partial charge in [0, 0.05) is 31.6 Å². The second-order valence-electron chi connectivity index (χ2n) is 8.75. The number of benzene rings is 1. The van der Waals surface area contributed by atoms with Crippen molar-refractivity contribution < 1.29 is 4.79 Å².